The zero-order valence-electron chi connectivity index (χ0n) is 9.38. The predicted molar refractivity (Wildman–Crippen MR) is 63.8 cm³/mol. The van der Waals surface area contributed by atoms with Crippen molar-refractivity contribution in [3.63, 3.8) is 0 Å². The van der Waals surface area contributed by atoms with Gasteiger partial charge in [-0.15, -0.1) is 11.6 Å². The van der Waals surface area contributed by atoms with E-state index in [0.717, 1.165) is 31.2 Å². The summed E-state index contributed by atoms with van der Waals surface area (Å²) >= 11 is 6.13. The van der Waals surface area contributed by atoms with E-state index in [2.05, 4.69) is 0 Å². The second-order valence-corrected chi connectivity index (χ2v) is 4.97. The van der Waals surface area contributed by atoms with Crippen LogP contribution in [0.25, 0.3) is 0 Å². The third-order valence-corrected chi connectivity index (χ3v) is 3.65. The molecular formula is C13H16ClFO. The van der Waals surface area contributed by atoms with E-state index in [-0.39, 0.29) is 17.1 Å². The number of ether oxygens (including phenoxy) is 1. The highest BCUT2D eigenvalue weighted by atomic mass is 35.5. The minimum Gasteiger partial charge on any atom is -0.497 e. The van der Waals surface area contributed by atoms with E-state index in [9.17, 15) is 4.39 Å². The summed E-state index contributed by atoms with van der Waals surface area (Å²) in [6.07, 6.45) is 4.05. The molecule has 2 rings (SSSR count). The van der Waals surface area contributed by atoms with Gasteiger partial charge in [0.15, 0.2) is 0 Å². The van der Waals surface area contributed by atoms with Crippen LogP contribution in [0.15, 0.2) is 18.2 Å². The van der Waals surface area contributed by atoms with Crippen molar-refractivity contribution in [3.8, 4) is 5.75 Å². The molecule has 0 aromatic heterocycles. The molecule has 0 aliphatic heterocycles. The van der Waals surface area contributed by atoms with Crippen LogP contribution in [-0.4, -0.2) is 12.5 Å². The quantitative estimate of drug-likeness (QED) is 0.710. The van der Waals surface area contributed by atoms with Crippen LogP contribution in [-0.2, 0) is 0 Å². The molecule has 0 amide bonds. The Morgan fingerprint density at radius 3 is 2.81 bits per heavy atom. The minimum atomic E-state index is -0.171. The summed E-state index contributed by atoms with van der Waals surface area (Å²) in [5, 5.41) is 0.195. The average molecular weight is 243 g/mol. The van der Waals surface area contributed by atoms with Gasteiger partial charge in [0.25, 0.3) is 0 Å². The van der Waals surface area contributed by atoms with Crippen LogP contribution < -0.4 is 4.74 Å². The molecule has 1 aliphatic rings. The van der Waals surface area contributed by atoms with Crippen molar-refractivity contribution in [1.82, 2.24) is 0 Å². The average Bonchev–Trinajstić information content (AvgIpc) is 2.28. The van der Waals surface area contributed by atoms with Gasteiger partial charge in [-0.2, -0.15) is 0 Å². The zero-order chi connectivity index (χ0) is 11.5. The fourth-order valence-electron chi connectivity index (χ4n) is 2.38. The molecule has 2 atom stereocenters. The maximum absolute atomic E-state index is 13.8. The lowest BCUT2D eigenvalue weighted by Crippen LogP contribution is -2.15. The number of alkyl halides is 1. The normalized spacial score (nSPS) is 25.4. The summed E-state index contributed by atoms with van der Waals surface area (Å²) in [6.45, 7) is 0. The predicted octanol–water partition coefficient (Wildman–Crippen LogP) is 4.10. The Bertz CT molecular complexity index is 367. The lowest BCUT2D eigenvalue weighted by atomic mass is 9.83. The summed E-state index contributed by atoms with van der Waals surface area (Å²) in [4.78, 5) is 0. The van der Waals surface area contributed by atoms with Gasteiger partial charge in [-0.1, -0.05) is 12.5 Å². The van der Waals surface area contributed by atoms with Crippen LogP contribution >= 0.6 is 11.6 Å². The molecule has 0 radical (unpaired) electrons. The molecule has 0 heterocycles. The topological polar surface area (TPSA) is 9.23 Å². The number of hydrogen-bond acceptors (Lipinski definition) is 1. The molecule has 0 bridgehead atoms. The molecule has 1 fully saturated rings. The highest BCUT2D eigenvalue weighted by Crippen LogP contribution is 2.37. The highest BCUT2D eigenvalue weighted by molar-refractivity contribution is 6.20. The van der Waals surface area contributed by atoms with Gasteiger partial charge in [0, 0.05) is 11.4 Å². The molecule has 16 heavy (non-hydrogen) atoms. The first-order valence-electron chi connectivity index (χ1n) is 5.68. The van der Waals surface area contributed by atoms with Gasteiger partial charge in [0.2, 0.25) is 0 Å². The van der Waals surface area contributed by atoms with Crippen molar-refractivity contribution >= 4 is 11.6 Å². The van der Waals surface area contributed by atoms with Crippen LogP contribution in [0.2, 0.25) is 0 Å². The van der Waals surface area contributed by atoms with E-state index in [1.54, 1.807) is 7.11 Å². The molecule has 1 nitrogen and oxygen atoms in total. The third kappa shape index (κ3) is 2.49. The fraction of sp³-hybridized carbons (Fsp3) is 0.538. The first-order valence-corrected chi connectivity index (χ1v) is 6.12. The molecule has 88 valence electrons. The second kappa shape index (κ2) is 5.05. The number of hydrogen-bond donors (Lipinski definition) is 0. The van der Waals surface area contributed by atoms with Gasteiger partial charge in [-0.25, -0.2) is 4.39 Å². The lowest BCUT2D eigenvalue weighted by Gasteiger charge is -2.26. The van der Waals surface area contributed by atoms with Crippen molar-refractivity contribution in [2.24, 2.45) is 0 Å². The first kappa shape index (κ1) is 11.7. The number of benzene rings is 1. The fourth-order valence-corrected chi connectivity index (χ4v) is 2.75. The van der Waals surface area contributed by atoms with Crippen molar-refractivity contribution in [2.75, 3.05) is 7.11 Å². The van der Waals surface area contributed by atoms with Crippen LogP contribution in [0.1, 0.15) is 37.2 Å². The van der Waals surface area contributed by atoms with Crippen LogP contribution in [0, 0.1) is 5.82 Å². The molecule has 1 aromatic carbocycles. The SMILES string of the molecule is COc1ccc(C2CCCC(Cl)C2)c(F)c1. The Morgan fingerprint density at radius 1 is 1.38 bits per heavy atom. The molecule has 0 saturated heterocycles. The third-order valence-electron chi connectivity index (χ3n) is 3.26. The molecule has 0 spiro atoms. The van der Waals surface area contributed by atoms with E-state index in [0.29, 0.717) is 5.75 Å². The maximum atomic E-state index is 13.8. The van der Waals surface area contributed by atoms with Crippen LogP contribution in [0.4, 0.5) is 4.39 Å². The summed E-state index contributed by atoms with van der Waals surface area (Å²) in [5.74, 6) is 0.664. The van der Waals surface area contributed by atoms with E-state index in [1.165, 1.54) is 6.07 Å². The summed E-state index contributed by atoms with van der Waals surface area (Å²) in [5.41, 5.74) is 0.783. The Morgan fingerprint density at radius 2 is 2.19 bits per heavy atom. The molecule has 1 saturated carbocycles. The van der Waals surface area contributed by atoms with E-state index < -0.39 is 0 Å². The van der Waals surface area contributed by atoms with E-state index in [1.807, 2.05) is 12.1 Å². The highest BCUT2D eigenvalue weighted by Gasteiger charge is 2.23. The van der Waals surface area contributed by atoms with Gasteiger partial charge in [-0.05, 0) is 36.8 Å². The van der Waals surface area contributed by atoms with Gasteiger partial charge in [-0.3, -0.25) is 0 Å². The number of halogens is 2. The number of methoxy groups -OCH3 is 1. The zero-order valence-corrected chi connectivity index (χ0v) is 10.1. The molecule has 0 N–H and O–H groups in total. The van der Waals surface area contributed by atoms with Gasteiger partial charge >= 0.3 is 0 Å². The van der Waals surface area contributed by atoms with E-state index >= 15 is 0 Å². The van der Waals surface area contributed by atoms with Crippen LogP contribution in [0.3, 0.4) is 0 Å². The Kier molecular flexibility index (Phi) is 3.70. The summed E-state index contributed by atoms with van der Waals surface area (Å²) in [7, 11) is 1.55. The van der Waals surface area contributed by atoms with E-state index in [4.69, 9.17) is 16.3 Å². The first-order chi connectivity index (χ1) is 7.70. The second-order valence-electron chi connectivity index (χ2n) is 4.35. The summed E-state index contributed by atoms with van der Waals surface area (Å²) < 4.78 is 18.8. The van der Waals surface area contributed by atoms with Crippen molar-refractivity contribution in [3.05, 3.63) is 29.6 Å². The monoisotopic (exact) mass is 242 g/mol. The largest absolute Gasteiger partial charge is 0.497 e. The standard InChI is InChI=1S/C13H16ClFO/c1-16-11-5-6-12(13(15)8-11)9-3-2-4-10(14)7-9/h5-6,8-10H,2-4,7H2,1H3. The minimum absolute atomic E-state index is 0.171. The molecule has 2 unspecified atom stereocenters. The molecule has 3 heteroatoms. The molecule has 1 aromatic rings. The van der Waals surface area contributed by atoms with Gasteiger partial charge < -0.3 is 4.74 Å². The lowest BCUT2D eigenvalue weighted by molar-refractivity contribution is 0.405. The smallest absolute Gasteiger partial charge is 0.130 e. The van der Waals surface area contributed by atoms with Gasteiger partial charge in [0.1, 0.15) is 11.6 Å². The van der Waals surface area contributed by atoms with Crippen molar-refractivity contribution < 1.29 is 9.13 Å². The van der Waals surface area contributed by atoms with Crippen LogP contribution in [0.5, 0.6) is 5.75 Å². The van der Waals surface area contributed by atoms with Crippen molar-refractivity contribution in [1.29, 1.82) is 0 Å². The molecule has 1 aliphatic carbocycles. The van der Waals surface area contributed by atoms with Crippen molar-refractivity contribution in [2.45, 2.75) is 37.0 Å². The number of rotatable bonds is 2. The summed E-state index contributed by atoms with van der Waals surface area (Å²) in [6, 6.07) is 5.09. The Hall–Kier alpha value is -0.760. The molecular weight excluding hydrogens is 227 g/mol. The Labute approximate surface area is 101 Å². The van der Waals surface area contributed by atoms with Gasteiger partial charge in [0.05, 0.1) is 7.11 Å². The maximum Gasteiger partial charge on any atom is 0.130 e. The Balaban J connectivity index is 2.19.